The van der Waals surface area contributed by atoms with Gasteiger partial charge in [0.1, 0.15) is 0 Å². The molecule has 5 rings (SSSR count). The molecule has 0 saturated heterocycles. The van der Waals surface area contributed by atoms with Crippen LogP contribution < -0.4 is 0 Å². The number of hydrogen-bond donors (Lipinski definition) is 0. The summed E-state index contributed by atoms with van der Waals surface area (Å²) in [7, 11) is 0. The van der Waals surface area contributed by atoms with Crippen LogP contribution in [0, 0.1) is 58.2 Å². The van der Waals surface area contributed by atoms with Crippen LogP contribution in [0.1, 0.15) is 86.0 Å². The zero-order valence-corrected chi connectivity index (χ0v) is 18.3. The summed E-state index contributed by atoms with van der Waals surface area (Å²) in [4.78, 5) is 12.1. The fourth-order valence-electron chi connectivity index (χ4n) is 10.0. The van der Waals surface area contributed by atoms with Crippen LogP contribution in [0.4, 0.5) is 0 Å². The Morgan fingerprint density at radius 3 is 2.52 bits per heavy atom. The zero-order valence-electron chi connectivity index (χ0n) is 18.3. The largest absolute Gasteiger partial charge is 0.295 e. The molecule has 0 radical (unpaired) electrons. The second kappa shape index (κ2) is 5.96. The number of allylic oxidation sites excluding steroid dienone is 1. The molecule has 0 amide bonds. The van der Waals surface area contributed by atoms with Crippen molar-refractivity contribution in [1.82, 2.24) is 0 Å². The maximum Gasteiger partial charge on any atom is 0.155 e. The Balaban J connectivity index is 1.59. The molecule has 150 valence electrons. The molecule has 5 aliphatic carbocycles. The van der Waals surface area contributed by atoms with Crippen LogP contribution in [0.25, 0.3) is 0 Å². The third-order valence-corrected chi connectivity index (χ3v) is 11.2. The van der Waals surface area contributed by atoms with Gasteiger partial charge in [0.2, 0.25) is 0 Å². The summed E-state index contributed by atoms with van der Waals surface area (Å²) in [6.45, 7) is 12.7. The minimum Gasteiger partial charge on any atom is -0.295 e. The highest BCUT2D eigenvalue weighted by molar-refractivity contribution is 5.91. The van der Waals surface area contributed by atoms with Crippen molar-refractivity contribution in [1.29, 1.82) is 0 Å². The Labute approximate surface area is 166 Å². The van der Waals surface area contributed by atoms with Crippen LogP contribution in [0.15, 0.2) is 11.6 Å². The maximum absolute atomic E-state index is 12.1. The maximum atomic E-state index is 12.1. The lowest BCUT2D eigenvalue weighted by atomic mass is 9.43. The molecule has 27 heavy (non-hydrogen) atoms. The highest BCUT2D eigenvalue weighted by Gasteiger charge is 2.77. The van der Waals surface area contributed by atoms with Crippen molar-refractivity contribution < 1.29 is 4.79 Å². The van der Waals surface area contributed by atoms with Gasteiger partial charge >= 0.3 is 0 Å². The molecule has 1 nitrogen and oxygen atoms in total. The summed E-state index contributed by atoms with van der Waals surface area (Å²) < 4.78 is 0. The van der Waals surface area contributed by atoms with Crippen molar-refractivity contribution in [2.24, 2.45) is 58.2 Å². The first-order valence-electron chi connectivity index (χ1n) is 12.2. The summed E-state index contributed by atoms with van der Waals surface area (Å²) in [5.74, 6) is 7.71. The number of ketones is 1. The lowest BCUT2D eigenvalue weighted by Crippen LogP contribution is -2.55. The van der Waals surface area contributed by atoms with Crippen LogP contribution in [0.5, 0.6) is 0 Å². The van der Waals surface area contributed by atoms with Gasteiger partial charge < -0.3 is 0 Å². The Hall–Kier alpha value is -0.590. The molecule has 5 aliphatic rings. The summed E-state index contributed by atoms with van der Waals surface area (Å²) in [6.07, 6.45) is 12.3. The van der Waals surface area contributed by atoms with Gasteiger partial charge in [-0.15, -0.1) is 0 Å². The molecule has 0 heterocycles. The quantitative estimate of drug-likeness (QED) is 0.543. The van der Waals surface area contributed by atoms with Gasteiger partial charge in [-0.3, -0.25) is 4.79 Å². The molecule has 4 saturated carbocycles. The van der Waals surface area contributed by atoms with Gasteiger partial charge in [-0.2, -0.15) is 0 Å². The van der Waals surface area contributed by atoms with E-state index in [0.717, 1.165) is 60.2 Å². The van der Waals surface area contributed by atoms with Crippen molar-refractivity contribution in [3.8, 4) is 0 Å². The van der Waals surface area contributed by atoms with E-state index in [9.17, 15) is 4.79 Å². The van der Waals surface area contributed by atoms with Gasteiger partial charge in [-0.1, -0.05) is 46.6 Å². The van der Waals surface area contributed by atoms with E-state index in [2.05, 4.69) is 40.7 Å². The van der Waals surface area contributed by atoms with Crippen LogP contribution >= 0.6 is 0 Å². The molecule has 0 bridgehead atoms. The molecule has 4 fully saturated rings. The lowest BCUT2D eigenvalue weighted by Gasteiger charge is -2.61. The summed E-state index contributed by atoms with van der Waals surface area (Å²) >= 11 is 0. The van der Waals surface area contributed by atoms with E-state index in [1.165, 1.54) is 38.5 Å². The molecule has 10 unspecified atom stereocenters. The van der Waals surface area contributed by atoms with E-state index in [0.29, 0.717) is 16.6 Å². The van der Waals surface area contributed by atoms with Gasteiger partial charge in [0.25, 0.3) is 0 Å². The molecule has 1 heteroatoms. The third-order valence-electron chi connectivity index (χ3n) is 11.2. The molecular formula is C26H40O. The van der Waals surface area contributed by atoms with Crippen LogP contribution in [-0.4, -0.2) is 5.78 Å². The SMILES string of the molecule is CCC1CC2=CC(=O)CCC2C2CCC3(CC)C(C12)C1C(C)C1C3(C)CC. The van der Waals surface area contributed by atoms with E-state index < -0.39 is 0 Å². The number of hydrogen-bond acceptors (Lipinski definition) is 1. The standard InChI is InChI=1S/C26H40O/c1-6-16-13-17-14-18(27)9-10-19(17)20-11-12-26(8-3)24(22(16)20)21-15(4)23(21)25(26,5)7-2/h14-16,19-24H,6-13H2,1-5H3. The molecule has 10 atom stereocenters. The van der Waals surface area contributed by atoms with Gasteiger partial charge in [-0.05, 0) is 103 Å². The van der Waals surface area contributed by atoms with Crippen molar-refractivity contribution in [3.05, 3.63) is 11.6 Å². The number of rotatable bonds is 3. The smallest absolute Gasteiger partial charge is 0.155 e. The second-order valence-electron chi connectivity index (χ2n) is 11.3. The zero-order chi connectivity index (χ0) is 19.1. The summed E-state index contributed by atoms with van der Waals surface area (Å²) in [5.41, 5.74) is 2.72. The molecule has 0 aromatic rings. The number of carbonyl (C=O) groups excluding carboxylic acids is 1. The third kappa shape index (κ3) is 2.10. The van der Waals surface area contributed by atoms with Gasteiger partial charge in [0.05, 0.1) is 0 Å². The molecule has 0 aliphatic heterocycles. The molecule has 0 N–H and O–H groups in total. The average molecular weight is 369 g/mol. The van der Waals surface area contributed by atoms with E-state index in [-0.39, 0.29) is 0 Å². The van der Waals surface area contributed by atoms with Crippen LogP contribution in [-0.2, 0) is 4.79 Å². The predicted octanol–water partition coefficient (Wildman–Crippen LogP) is 6.67. The van der Waals surface area contributed by atoms with Gasteiger partial charge in [0.15, 0.2) is 5.78 Å². The fraction of sp³-hybridized carbons (Fsp3) is 0.885. The first-order valence-corrected chi connectivity index (χ1v) is 12.2. The Morgan fingerprint density at radius 2 is 1.85 bits per heavy atom. The highest BCUT2D eigenvalue weighted by atomic mass is 16.1. The van der Waals surface area contributed by atoms with E-state index in [1.807, 2.05) is 0 Å². The first-order chi connectivity index (χ1) is 12.9. The Bertz CT molecular complexity index is 676. The molecule has 0 aromatic carbocycles. The number of carbonyl (C=O) groups is 1. The van der Waals surface area contributed by atoms with E-state index in [1.54, 1.807) is 5.57 Å². The minimum absolute atomic E-state index is 0.406. The number of fused-ring (bicyclic) bond motifs is 7. The van der Waals surface area contributed by atoms with E-state index in [4.69, 9.17) is 0 Å². The lowest BCUT2D eigenvalue weighted by molar-refractivity contribution is -0.122. The average Bonchev–Trinajstić information content (AvgIpc) is 3.28. The highest BCUT2D eigenvalue weighted by Crippen LogP contribution is 2.83. The minimum atomic E-state index is 0.406. The monoisotopic (exact) mass is 368 g/mol. The Morgan fingerprint density at radius 1 is 1.07 bits per heavy atom. The topological polar surface area (TPSA) is 17.1 Å². The van der Waals surface area contributed by atoms with Gasteiger partial charge in [-0.25, -0.2) is 0 Å². The van der Waals surface area contributed by atoms with Crippen molar-refractivity contribution in [3.63, 3.8) is 0 Å². The molecule has 0 spiro atoms. The molecular weight excluding hydrogens is 328 g/mol. The normalized spacial score (nSPS) is 55.9. The van der Waals surface area contributed by atoms with E-state index >= 15 is 0 Å². The first kappa shape index (κ1) is 18.4. The van der Waals surface area contributed by atoms with Crippen molar-refractivity contribution in [2.75, 3.05) is 0 Å². The van der Waals surface area contributed by atoms with Gasteiger partial charge in [0, 0.05) is 6.42 Å². The fourth-order valence-corrected chi connectivity index (χ4v) is 10.0. The summed E-state index contributed by atoms with van der Waals surface area (Å²) in [6, 6.07) is 0. The van der Waals surface area contributed by atoms with Crippen LogP contribution in [0.3, 0.4) is 0 Å². The van der Waals surface area contributed by atoms with Crippen LogP contribution in [0.2, 0.25) is 0 Å². The predicted molar refractivity (Wildman–Crippen MR) is 111 cm³/mol. The van der Waals surface area contributed by atoms with Crippen molar-refractivity contribution >= 4 is 5.78 Å². The Kier molecular flexibility index (Phi) is 4.07. The second-order valence-corrected chi connectivity index (χ2v) is 11.3. The van der Waals surface area contributed by atoms with Crippen molar-refractivity contribution in [2.45, 2.75) is 86.0 Å². The summed E-state index contributed by atoms with van der Waals surface area (Å²) in [5, 5.41) is 0. The molecule has 0 aromatic heterocycles.